The standard InChI is InChI=1S/C29H27ClN2O5/c30-22-13-11-19(12-14-22)15-23(31-28(33)21-9-5-2-6-10-21)29(34)32-24-17-36-27-25(18-37-26(24)27)35-16-20-7-3-1-4-8-20/h1-15,24-27H,16-18H2,(H,31,33)(H,32,34)/b23-15-/t24-,25+,26+,27+/m0/s1. The van der Waals surface area contributed by atoms with E-state index in [2.05, 4.69) is 10.6 Å². The molecule has 0 radical (unpaired) electrons. The minimum atomic E-state index is -0.439. The Balaban J connectivity index is 1.26. The highest BCUT2D eigenvalue weighted by atomic mass is 35.5. The molecule has 8 heteroatoms. The Morgan fingerprint density at radius 2 is 1.57 bits per heavy atom. The Kier molecular flexibility index (Phi) is 7.96. The molecular weight excluding hydrogens is 492 g/mol. The molecule has 3 aromatic rings. The average molecular weight is 519 g/mol. The van der Waals surface area contributed by atoms with Crippen molar-refractivity contribution in [1.82, 2.24) is 10.6 Å². The third-order valence-electron chi connectivity index (χ3n) is 6.34. The Hall–Kier alpha value is -3.49. The molecule has 0 unspecified atom stereocenters. The van der Waals surface area contributed by atoms with Crippen LogP contribution in [-0.2, 0) is 25.6 Å². The fourth-order valence-corrected chi connectivity index (χ4v) is 4.55. The Bertz CT molecular complexity index is 1250. The number of rotatable bonds is 8. The van der Waals surface area contributed by atoms with Crippen molar-refractivity contribution in [3.8, 4) is 0 Å². The summed E-state index contributed by atoms with van der Waals surface area (Å²) in [4.78, 5) is 26.2. The number of amides is 2. The molecule has 2 heterocycles. The monoisotopic (exact) mass is 518 g/mol. The predicted octanol–water partition coefficient (Wildman–Crippen LogP) is 3.98. The first-order chi connectivity index (χ1) is 18.1. The van der Waals surface area contributed by atoms with E-state index in [-0.39, 0.29) is 42.6 Å². The van der Waals surface area contributed by atoms with Gasteiger partial charge >= 0.3 is 0 Å². The van der Waals surface area contributed by atoms with E-state index in [1.807, 2.05) is 36.4 Å². The zero-order valence-electron chi connectivity index (χ0n) is 20.0. The van der Waals surface area contributed by atoms with E-state index in [1.165, 1.54) is 0 Å². The van der Waals surface area contributed by atoms with Crippen LogP contribution in [0.25, 0.3) is 6.08 Å². The molecule has 7 nitrogen and oxygen atoms in total. The number of carbonyl (C=O) groups excluding carboxylic acids is 2. The average Bonchev–Trinajstić information content (AvgIpc) is 3.52. The van der Waals surface area contributed by atoms with Crippen molar-refractivity contribution in [3.63, 3.8) is 0 Å². The number of fused-ring (bicyclic) bond motifs is 1. The summed E-state index contributed by atoms with van der Waals surface area (Å²) in [6.45, 7) is 1.12. The second-order valence-corrected chi connectivity index (χ2v) is 9.38. The molecule has 4 atom stereocenters. The number of hydrogen-bond donors (Lipinski definition) is 2. The molecule has 37 heavy (non-hydrogen) atoms. The second kappa shape index (κ2) is 11.7. The van der Waals surface area contributed by atoms with Gasteiger partial charge in [-0.2, -0.15) is 0 Å². The lowest BCUT2D eigenvalue weighted by atomic mass is 10.1. The zero-order valence-corrected chi connectivity index (χ0v) is 20.8. The Labute approximate surface area is 220 Å². The van der Waals surface area contributed by atoms with E-state index in [0.29, 0.717) is 23.8 Å². The first-order valence-electron chi connectivity index (χ1n) is 12.1. The van der Waals surface area contributed by atoms with E-state index in [1.54, 1.807) is 54.6 Å². The molecule has 0 saturated carbocycles. The number of ether oxygens (including phenoxy) is 3. The summed E-state index contributed by atoms with van der Waals surface area (Å²) in [5, 5.41) is 6.30. The minimum absolute atomic E-state index is 0.106. The van der Waals surface area contributed by atoms with Crippen LogP contribution in [0.2, 0.25) is 5.02 Å². The third-order valence-corrected chi connectivity index (χ3v) is 6.59. The molecule has 2 aliphatic rings. The van der Waals surface area contributed by atoms with Gasteiger partial charge in [-0.05, 0) is 41.5 Å². The summed E-state index contributed by atoms with van der Waals surface area (Å²) < 4.78 is 18.0. The maximum Gasteiger partial charge on any atom is 0.268 e. The summed E-state index contributed by atoms with van der Waals surface area (Å²) in [5.41, 5.74) is 2.34. The van der Waals surface area contributed by atoms with Gasteiger partial charge in [0.25, 0.3) is 11.8 Å². The van der Waals surface area contributed by atoms with Crippen LogP contribution in [0.5, 0.6) is 0 Å². The lowest BCUT2D eigenvalue weighted by Gasteiger charge is -2.19. The van der Waals surface area contributed by atoms with Crippen molar-refractivity contribution in [2.24, 2.45) is 0 Å². The van der Waals surface area contributed by atoms with Crippen LogP contribution in [0.3, 0.4) is 0 Å². The third kappa shape index (κ3) is 6.26. The van der Waals surface area contributed by atoms with E-state index in [0.717, 1.165) is 11.1 Å². The van der Waals surface area contributed by atoms with Gasteiger partial charge < -0.3 is 24.8 Å². The molecule has 3 aromatic carbocycles. The van der Waals surface area contributed by atoms with Crippen molar-refractivity contribution < 1.29 is 23.8 Å². The van der Waals surface area contributed by atoms with Crippen LogP contribution in [0, 0.1) is 0 Å². The van der Waals surface area contributed by atoms with Crippen LogP contribution in [-0.4, -0.2) is 49.4 Å². The van der Waals surface area contributed by atoms with Crippen molar-refractivity contribution in [2.45, 2.75) is 31.0 Å². The van der Waals surface area contributed by atoms with Gasteiger partial charge in [0.05, 0.1) is 25.9 Å². The number of nitrogens with one attached hydrogen (secondary N) is 2. The summed E-state index contributed by atoms with van der Waals surface area (Å²) in [7, 11) is 0. The predicted molar refractivity (Wildman–Crippen MR) is 140 cm³/mol. The van der Waals surface area contributed by atoms with E-state index in [4.69, 9.17) is 25.8 Å². The Morgan fingerprint density at radius 1 is 0.892 bits per heavy atom. The second-order valence-electron chi connectivity index (χ2n) is 8.94. The molecule has 190 valence electrons. The van der Waals surface area contributed by atoms with Gasteiger partial charge in [0.2, 0.25) is 0 Å². The molecule has 2 fully saturated rings. The molecule has 0 bridgehead atoms. The maximum absolute atomic E-state index is 13.4. The molecular formula is C29H27ClN2O5. The lowest BCUT2D eigenvalue weighted by Crippen LogP contribution is -2.46. The fourth-order valence-electron chi connectivity index (χ4n) is 4.42. The van der Waals surface area contributed by atoms with Gasteiger partial charge in [-0.15, -0.1) is 0 Å². The highest BCUT2D eigenvalue weighted by Gasteiger charge is 2.49. The van der Waals surface area contributed by atoms with Gasteiger partial charge in [0, 0.05) is 10.6 Å². The first-order valence-corrected chi connectivity index (χ1v) is 12.5. The van der Waals surface area contributed by atoms with Crippen LogP contribution in [0.1, 0.15) is 21.5 Å². The number of carbonyl (C=O) groups is 2. The maximum atomic E-state index is 13.4. The fraction of sp³-hybridized carbons (Fsp3) is 0.241. The van der Waals surface area contributed by atoms with E-state index in [9.17, 15) is 9.59 Å². The van der Waals surface area contributed by atoms with E-state index >= 15 is 0 Å². The van der Waals surface area contributed by atoms with Gasteiger partial charge in [0.15, 0.2) is 0 Å². The Morgan fingerprint density at radius 3 is 2.30 bits per heavy atom. The van der Waals surface area contributed by atoms with Gasteiger partial charge in [0.1, 0.15) is 24.0 Å². The van der Waals surface area contributed by atoms with Crippen LogP contribution in [0.15, 0.2) is 90.6 Å². The molecule has 0 spiro atoms. The highest BCUT2D eigenvalue weighted by molar-refractivity contribution is 6.30. The molecule has 2 N–H and O–H groups in total. The number of halogens is 1. The first kappa shape index (κ1) is 25.2. The molecule has 5 rings (SSSR count). The van der Waals surface area contributed by atoms with Crippen molar-refractivity contribution in [3.05, 3.63) is 112 Å². The molecule has 2 aliphatic heterocycles. The SMILES string of the molecule is O=C(N[C@H]1CO[C@H]2[C@@H]1OC[C@H]2OCc1ccccc1)/C(=C/c1ccc(Cl)cc1)NC(=O)c1ccccc1. The van der Waals surface area contributed by atoms with Crippen molar-refractivity contribution >= 4 is 29.5 Å². The molecule has 0 aliphatic carbocycles. The lowest BCUT2D eigenvalue weighted by molar-refractivity contribution is -0.119. The van der Waals surface area contributed by atoms with Crippen molar-refractivity contribution in [1.29, 1.82) is 0 Å². The van der Waals surface area contributed by atoms with Gasteiger partial charge in [-0.3, -0.25) is 9.59 Å². The quantitative estimate of drug-likeness (QED) is 0.441. The normalized spacial score (nSPS) is 22.9. The smallest absolute Gasteiger partial charge is 0.268 e. The number of benzene rings is 3. The zero-order chi connectivity index (χ0) is 25.6. The van der Waals surface area contributed by atoms with E-state index < -0.39 is 5.91 Å². The number of hydrogen-bond acceptors (Lipinski definition) is 5. The van der Waals surface area contributed by atoms with Crippen molar-refractivity contribution in [2.75, 3.05) is 13.2 Å². The highest BCUT2D eigenvalue weighted by Crippen LogP contribution is 2.29. The molecule has 0 aromatic heterocycles. The summed E-state index contributed by atoms with van der Waals surface area (Å²) >= 11 is 6.00. The largest absolute Gasteiger partial charge is 0.370 e. The summed E-state index contributed by atoms with van der Waals surface area (Å²) in [6, 6.07) is 25.2. The molecule has 2 saturated heterocycles. The summed E-state index contributed by atoms with van der Waals surface area (Å²) in [5.74, 6) is -0.825. The summed E-state index contributed by atoms with van der Waals surface area (Å²) in [6.07, 6.45) is 0.762. The van der Waals surface area contributed by atoms with Gasteiger partial charge in [-0.25, -0.2) is 0 Å². The van der Waals surface area contributed by atoms with Crippen LogP contribution >= 0.6 is 11.6 Å². The van der Waals surface area contributed by atoms with Crippen LogP contribution in [0.4, 0.5) is 0 Å². The minimum Gasteiger partial charge on any atom is -0.370 e. The van der Waals surface area contributed by atoms with Gasteiger partial charge in [-0.1, -0.05) is 72.3 Å². The molecule has 2 amide bonds. The van der Waals surface area contributed by atoms with Crippen LogP contribution < -0.4 is 10.6 Å². The topological polar surface area (TPSA) is 85.9 Å².